The summed E-state index contributed by atoms with van der Waals surface area (Å²) in [6.07, 6.45) is 4.93. The van der Waals surface area contributed by atoms with Crippen LogP contribution in [0.5, 0.6) is 0 Å². The van der Waals surface area contributed by atoms with Crippen molar-refractivity contribution in [3.63, 3.8) is 0 Å². The Morgan fingerprint density at radius 2 is 1.90 bits per heavy atom. The van der Waals surface area contributed by atoms with E-state index in [4.69, 9.17) is 0 Å². The maximum atomic E-state index is 12.4. The van der Waals surface area contributed by atoms with Crippen LogP contribution in [0.2, 0.25) is 0 Å². The van der Waals surface area contributed by atoms with Gasteiger partial charge in [-0.05, 0) is 57.1 Å². The predicted octanol–water partition coefficient (Wildman–Crippen LogP) is 4.30. The highest BCUT2D eigenvalue weighted by atomic mass is 79.9. The number of carbonyl (C=O) groups excluding carboxylic acids is 1. The van der Waals surface area contributed by atoms with Crippen molar-refractivity contribution in [3.8, 4) is 0 Å². The van der Waals surface area contributed by atoms with Gasteiger partial charge in [0, 0.05) is 16.9 Å². The minimum atomic E-state index is 0.0803. The van der Waals surface area contributed by atoms with Gasteiger partial charge in [0.1, 0.15) is 0 Å². The Labute approximate surface area is 130 Å². The molecular formula is C17H24BrNO. The van der Waals surface area contributed by atoms with Crippen molar-refractivity contribution in [2.75, 3.05) is 6.54 Å². The third kappa shape index (κ3) is 3.85. The van der Waals surface area contributed by atoms with Crippen LogP contribution in [0.15, 0.2) is 12.1 Å². The molecule has 0 saturated heterocycles. The molecule has 2 nitrogen and oxygen atoms in total. The van der Waals surface area contributed by atoms with E-state index in [1.165, 1.54) is 31.2 Å². The lowest BCUT2D eigenvalue weighted by Gasteiger charge is -2.26. The molecule has 1 saturated carbocycles. The van der Waals surface area contributed by atoms with Crippen LogP contribution in [0.1, 0.15) is 52.7 Å². The lowest BCUT2D eigenvalue weighted by atomic mass is 9.89. The molecule has 0 bridgehead atoms. The van der Waals surface area contributed by atoms with Gasteiger partial charge in [0.2, 0.25) is 0 Å². The summed E-state index contributed by atoms with van der Waals surface area (Å²) in [6, 6.07) is 4.16. The van der Waals surface area contributed by atoms with E-state index in [2.05, 4.69) is 40.3 Å². The quantitative estimate of drug-likeness (QED) is 0.818. The largest absolute Gasteiger partial charge is 0.352 e. The number of aryl methyl sites for hydroxylation is 3. The van der Waals surface area contributed by atoms with Crippen LogP contribution in [-0.4, -0.2) is 17.3 Å². The second-order valence-corrected chi connectivity index (χ2v) is 7.41. The van der Waals surface area contributed by atoms with Crippen molar-refractivity contribution in [2.24, 2.45) is 5.92 Å². The molecule has 1 aromatic rings. The molecule has 1 aliphatic carbocycles. The number of benzene rings is 1. The molecule has 0 aromatic heterocycles. The molecule has 20 heavy (non-hydrogen) atoms. The van der Waals surface area contributed by atoms with Crippen LogP contribution in [0.25, 0.3) is 0 Å². The number of hydrogen-bond donors (Lipinski definition) is 1. The normalized spacial score (nSPS) is 22.6. The summed E-state index contributed by atoms with van der Waals surface area (Å²) in [5.74, 6) is 0.694. The van der Waals surface area contributed by atoms with E-state index in [0.29, 0.717) is 10.7 Å². The monoisotopic (exact) mass is 337 g/mol. The van der Waals surface area contributed by atoms with Gasteiger partial charge in [-0.25, -0.2) is 0 Å². The SMILES string of the molecule is Cc1cc(C)c(C(=O)NCC2CCCC(Br)C2)c(C)c1. The number of amides is 1. The van der Waals surface area contributed by atoms with E-state index in [1.807, 2.05) is 13.8 Å². The van der Waals surface area contributed by atoms with E-state index >= 15 is 0 Å². The highest BCUT2D eigenvalue weighted by Gasteiger charge is 2.21. The highest BCUT2D eigenvalue weighted by molar-refractivity contribution is 9.09. The Hall–Kier alpha value is -0.830. The molecule has 1 N–H and O–H groups in total. The first kappa shape index (κ1) is 15.6. The first-order valence-electron chi connectivity index (χ1n) is 7.47. The van der Waals surface area contributed by atoms with Gasteiger partial charge >= 0.3 is 0 Å². The number of nitrogens with one attached hydrogen (secondary N) is 1. The zero-order chi connectivity index (χ0) is 14.7. The molecule has 1 aliphatic rings. The van der Waals surface area contributed by atoms with Crippen molar-refractivity contribution in [1.29, 1.82) is 0 Å². The number of hydrogen-bond acceptors (Lipinski definition) is 1. The van der Waals surface area contributed by atoms with Crippen LogP contribution in [0, 0.1) is 26.7 Å². The first-order valence-corrected chi connectivity index (χ1v) is 8.39. The van der Waals surface area contributed by atoms with Crippen molar-refractivity contribution in [2.45, 2.75) is 51.3 Å². The summed E-state index contributed by atoms with van der Waals surface area (Å²) in [5, 5.41) is 3.13. The Kier molecular flexibility index (Phi) is 5.25. The summed E-state index contributed by atoms with van der Waals surface area (Å²) in [4.78, 5) is 13.0. The number of alkyl halides is 1. The molecule has 1 amide bonds. The summed E-state index contributed by atoms with van der Waals surface area (Å²) < 4.78 is 0. The van der Waals surface area contributed by atoms with Gasteiger partial charge in [0.25, 0.3) is 5.91 Å². The second kappa shape index (κ2) is 6.75. The zero-order valence-corrected chi connectivity index (χ0v) is 14.2. The van der Waals surface area contributed by atoms with Crippen LogP contribution in [0.3, 0.4) is 0 Å². The third-order valence-electron chi connectivity index (χ3n) is 4.17. The lowest BCUT2D eigenvalue weighted by Crippen LogP contribution is -2.32. The fourth-order valence-electron chi connectivity index (χ4n) is 3.27. The molecule has 3 heteroatoms. The highest BCUT2D eigenvalue weighted by Crippen LogP contribution is 2.28. The standard InChI is InChI=1S/C17H24BrNO/c1-11-7-12(2)16(13(3)8-11)17(20)19-10-14-5-4-6-15(18)9-14/h7-8,14-15H,4-6,9-10H2,1-3H3,(H,19,20). The first-order chi connectivity index (χ1) is 9.47. The van der Waals surface area contributed by atoms with Gasteiger partial charge in [-0.2, -0.15) is 0 Å². The summed E-state index contributed by atoms with van der Waals surface area (Å²) in [7, 11) is 0. The predicted molar refractivity (Wildman–Crippen MR) is 87.7 cm³/mol. The maximum absolute atomic E-state index is 12.4. The third-order valence-corrected chi connectivity index (χ3v) is 5.01. The average molecular weight is 338 g/mol. The Balaban J connectivity index is 1.98. The zero-order valence-electron chi connectivity index (χ0n) is 12.6. The van der Waals surface area contributed by atoms with Crippen molar-refractivity contribution >= 4 is 21.8 Å². The minimum Gasteiger partial charge on any atom is -0.352 e. The van der Waals surface area contributed by atoms with Gasteiger partial charge in [0.15, 0.2) is 0 Å². The molecule has 110 valence electrons. The van der Waals surface area contributed by atoms with Crippen LogP contribution < -0.4 is 5.32 Å². The maximum Gasteiger partial charge on any atom is 0.251 e. The molecular weight excluding hydrogens is 314 g/mol. The van der Waals surface area contributed by atoms with Gasteiger partial charge in [-0.1, -0.05) is 40.0 Å². The number of rotatable bonds is 3. The van der Waals surface area contributed by atoms with Gasteiger partial charge < -0.3 is 5.32 Å². The van der Waals surface area contributed by atoms with E-state index in [-0.39, 0.29) is 5.91 Å². The van der Waals surface area contributed by atoms with Crippen molar-refractivity contribution in [3.05, 3.63) is 34.4 Å². The summed E-state index contributed by atoms with van der Waals surface area (Å²) in [6.45, 7) is 6.90. The molecule has 2 rings (SSSR count). The van der Waals surface area contributed by atoms with Crippen molar-refractivity contribution < 1.29 is 4.79 Å². The van der Waals surface area contributed by atoms with Gasteiger partial charge in [0.05, 0.1) is 0 Å². The molecule has 1 aromatic carbocycles. The molecule has 0 heterocycles. The Bertz CT molecular complexity index is 475. The van der Waals surface area contributed by atoms with E-state index in [9.17, 15) is 4.79 Å². The van der Waals surface area contributed by atoms with E-state index in [1.54, 1.807) is 0 Å². The second-order valence-electron chi connectivity index (χ2n) is 6.11. The number of halogens is 1. The molecule has 2 atom stereocenters. The van der Waals surface area contributed by atoms with Crippen molar-refractivity contribution in [1.82, 2.24) is 5.32 Å². The smallest absolute Gasteiger partial charge is 0.251 e. The lowest BCUT2D eigenvalue weighted by molar-refractivity contribution is 0.0942. The summed E-state index contributed by atoms with van der Waals surface area (Å²) in [5.41, 5.74) is 4.21. The van der Waals surface area contributed by atoms with Gasteiger partial charge in [-0.3, -0.25) is 4.79 Å². The Morgan fingerprint density at radius 1 is 1.25 bits per heavy atom. The molecule has 0 aliphatic heterocycles. The van der Waals surface area contributed by atoms with Crippen LogP contribution in [-0.2, 0) is 0 Å². The van der Waals surface area contributed by atoms with Gasteiger partial charge in [-0.15, -0.1) is 0 Å². The van der Waals surface area contributed by atoms with E-state index in [0.717, 1.165) is 23.2 Å². The molecule has 1 fully saturated rings. The average Bonchev–Trinajstić information content (AvgIpc) is 2.35. The fourth-order valence-corrected chi connectivity index (χ4v) is 4.13. The number of carbonyl (C=O) groups is 1. The van der Waals surface area contributed by atoms with E-state index < -0.39 is 0 Å². The minimum absolute atomic E-state index is 0.0803. The molecule has 2 unspecified atom stereocenters. The molecule has 0 radical (unpaired) electrons. The van der Waals surface area contributed by atoms with Crippen LogP contribution in [0.4, 0.5) is 0 Å². The molecule has 0 spiro atoms. The fraction of sp³-hybridized carbons (Fsp3) is 0.588. The summed E-state index contributed by atoms with van der Waals surface area (Å²) >= 11 is 3.70. The topological polar surface area (TPSA) is 29.1 Å². The van der Waals surface area contributed by atoms with Crippen LogP contribution >= 0.6 is 15.9 Å². The Morgan fingerprint density at radius 3 is 2.50 bits per heavy atom.